The fourth-order valence-electron chi connectivity index (χ4n) is 3.87. The van der Waals surface area contributed by atoms with E-state index in [1.165, 1.54) is 13.2 Å². The van der Waals surface area contributed by atoms with Crippen molar-refractivity contribution in [3.05, 3.63) is 71.0 Å². The first-order valence-corrected chi connectivity index (χ1v) is 10.5. The Bertz CT molecular complexity index is 947. The molecule has 2 amide bonds. The average Bonchev–Trinajstić information content (AvgIpc) is 2.81. The summed E-state index contributed by atoms with van der Waals surface area (Å²) in [6.45, 7) is 1.31. The van der Waals surface area contributed by atoms with Crippen LogP contribution in [0.3, 0.4) is 0 Å². The number of carbonyl (C=O) groups is 3. The highest BCUT2D eigenvalue weighted by Crippen LogP contribution is 2.23. The zero-order valence-corrected chi connectivity index (χ0v) is 17.6. The molecule has 0 spiro atoms. The molecular formula is C24H27FN2O4. The second-order valence-electron chi connectivity index (χ2n) is 7.70. The van der Waals surface area contributed by atoms with Crippen LogP contribution < -0.4 is 5.32 Å². The highest BCUT2D eigenvalue weighted by atomic mass is 19.1. The van der Waals surface area contributed by atoms with Crippen molar-refractivity contribution >= 4 is 17.8 Å². The minimum Gasteiger partial charge on any atom is -0.465 e. The van der Waals surface area contributed by atoms with Gasteiger partial charge < -0.3 is 15.0 Å². The first kappa shape index (κ1) is 22.5. The van der Waals surface area contributed by atoms with E-state index in [0.29, 0.717) is 37.1 Å². The molecule has 0 saturated carbocycles. The number of methoxy groups -OCH3 is 1. The Balaban J connectivity index is 1.53. The molecule has 1 N–H and O–H groups in total. The third-order valence-corrected chi connectivity index (χ3v) is 5.58. The molecule has 1 fully saturated rings. The number of ether oxygens (including phenoxy) is 1. The van der Waals surface area contributed by atoms with Gasteiger partial charge in [0.05, 0.1) is 18.2 Å². The fourth-order valence-corrected chi connectivity index (χ4v) is 3.87. The lowest BCUT2D eigenvalue weighted by atomic mass is 9.92. The molecule has 1 atom stereocenters. The summed E-state index contributed by atoms with van der Waals surface area (Å²) >= 11 is 0. The number of amides is 2. The van der Waals surface area contributed by atoms with Crippen molar-refractivity contribution in [3.8, 4) is 0 Å². The van der Waals surface area contributed by atoms with E-state index in [0.717, 1.165) is 12.8 Å². The summed E-state index contributed by atoms with van der Waals surface area (Å²) < 4.78 is 18.4. The minimum absolute atomic E-state index is 0.136. The van der Waals surface area contributed by atoms with Gasteiger partial charge in [0.15, 0.2) is 0 Å². The molecule has 6 nitrogen and oxygen atoms in total. The quantitative estimate of drug-likeness (QED) is 0.687. The molecule has 0 bridgehead atoms. The summed E-state index contributed by atoms with van der Waals surface area (Å²) in [6, 6.07) is 13.0. The second kappa shape index (κ2) is 10.7. The Labute approximate surface area is 181 Å². The van der Waals surface area contributed by atoms with Crippen LogP contribution in [0.15, 0.2) is 48.5 Å². The highest BCUT2D eigenvalue weighted by Gasteiger charge is 2.27. The first-order chi connectivity index (χ1) is 15.0. The van der Waals surface area contributed by atoms with Gasteiger partial charge in [-0.15, -0.1) is 0 Å². The van der Waals surface area contributed by atoms with Crippen LogP contribution in [-0.2, 0) is 16.1 Å². The maximum atomic E-state index is 13.7. The summed E-state index contributed by atoms with van der Waals surface area (Å²) in [5.41, 5.74) is 1.04. The number of nitrogens with zero attached hydrogens (tertiary/aromatic N) is 1. The summed E-state index contributed by atoms with van der Waals surface area (Å²) in [7, 11) is 1.29. The van der Waals surface area contributed by atoms with E-state index in [4.69, 9.17) is 4.74 Å². The molecule has 0 unspecified atom stereocenters. The lowest BCUT2D eigenvalue weighted by Gasteiger charge is -2.33. The number of likely N-dealkylation sites (tertiary alicyclic amines) is 1. The molecule has 7 heteroatoms. The van der Waals surface area contributed by atoms with Crippen molar-refractivity contribution in [3.63, 3.8) is 0 Å². The zero-order valence-electron chi connectivity index (χ0n) is 17.6. The van der Waals surface area contributed by atoms with E-state index in [-0.39, 0.29) is 35.7 Å². The molecule has 0 radical (unpaired) electrons. The minimum atomic E-state index is -0.538. The molecule has 2 aromatic carbocycles. The number of nitrogens with one attached hydrogen (secondary N) is 1. The van der Waals surface area contributed by atoms with Crippen molar-refractivity contribution in [2.24, 2.45) is 5.92 Å². The van der Waals surface area contributed by atoms with Crippen LogP contribution in [-0.4, -0.2) is 42.9 Å². The standard InChI is InChI=1S/C24H27FN2O4/c1-31-24(30)20-10-4-3-9-19(20)23(29)27-14-6-7-17(16-27)12-13-22(28)26-15-18-8-2-5-11-21(18)25/h2-5,8-11,17H,6-7,12-16H2,1H3,(H,26,28)/t17-/m1/s1. The Kier molecular flexibility index (Phi) is 7.76. The van der Waals surface area contributed by atoms with Crippen LogP contribution in [0.25, 0.3) is 0 Å². The summed E-state index contributed by atoms with van der Waals surface area (Å²) in [5.74, 6) is -1.01. The van der Waals surface area contributed by atoms with Gasteiger partial charge in [-0.25, -0.2) is 9.18 Å². The van der Waals surface area contributed by atoms with E-state index in [1.807, 2.05) is 0 Å². The van der Waals surface area contributed by atoms with Gasteiger partial charge in [-0.2, -0.15) is 0 Å². The van der Waals surface area contributed by atoms with E-state index in [9.17, 15) is 18.8 Å². The van der Waals surface area contributed by atoms with Crippen LogP contribution in [0.5, 0.6) is 0 Å². The van der Waals surface area contributed by atoms with Crippen LogP contribution in [0, 0.1) is 11.7 Å². The molecule has 31 heavy (non-hydrogen) atoms. The largest absolute Gasteiger partial charge is 0.465 e. The van der Waals surface area contributed by atoms with Crippen LogP contribution in [0.2, 0.25) is 0 Å². The molecule has 1 aliphatic heterocycles. The smallest absolute Gasteiger partial charge is 0.338 e. The van der Waals surface area contributed by atoms with E-state index >= 15 is 0 Å². The predicted molar refractivity (Wildman–Crippen MR) is 114 cm³/mol. The maximum absolute atomic E-state index is 13.7. The topological polar surface area (TPSA) is 75.7 Å². The molecule has 3 rings (SSSR count). The van der Waals surface area contributed by atoms with Gasteiger partial charge in [0.1, 0.15) is 5.82 Å². The Morgan fingerprint density at radius 3 is 2.55 bits per heavy atom. The highest BCUT2D eigenvalue weighted by molar-refractivity contribution is 6.05. The van der Waals surface area contributed by atoms with Crippen molar-refractivity contribution in [2.45, 2.75) is 32.2 Å². The molecule has 164 valence electrons. The molecule has 1 saturated heterocycles. The van der Waals surface area contributed by atoms with Gasteiger partial charge in [-0.3, -0.25) is 9.59 Å². The fraction of sp³-hybridized carbons (Fsp3) is 0.375. The van der Waals surface area contributed by atoms with E-state index in [1.54, 1.807) is 47.4 Å². The summed E-state index contributed by atoms with van der Waals surface area (Å²) in [5, 5.41) is 2.75. The maximum Gasteiger partial charge on any atom is 0.338 e. The first-order valence-electron chi connectivity index (χ1n) is 10.5. The third kappa shape index (κ3) is 5.90. The van der Waals surface area contributed by atoms with Gasteiger partial charge in [-0.1, -0.05) is 30.3 Å². The van der Waals surface area contributed by atoms with Crippen molar-refractivity contribution in [1.29, 1.82) is 0 Å². The van der Waals surface area contributed by atoms with Gasteiger partial charge >= 0.3 is 5.97 Å². The molecular weight excluding hydrogens is 399 g/mol. The summed E-state index contributed by atoms with van der Waals surface area (Å²) in [4.78, 5) is 38.9. The number of halogens is 1. The number of hydrogen-bond acceptors (Lipinski definition) is 4. The zero-order chi connectivity index (χ0) is 22.2. The van der Waals surface area contributed by atoms with Crippen LogP contribution in [0.4, 0.5) is 4.39 Å². The van der Waals surface area contributed by atoms with Gasteiger partial charge in [-0.05, 0) is 43.4 Å². The molecule has 0 aromatic heterocycles. The molecule has 1 heterocycles. The van der Waals surface area contributed by atoms with Gasteiger partial charge in [0.2, 0.25) is 5.91 Å². The number of piperidine rings is 1. The Hall–Kier alpha value is -3.22. The number of benzene rings is 2. The van der Waals surface area contributed by atoms with Crippen molar-refractivity contribution in [2.75, 3.05) is 20.2 Å². The monoisotopic (exact) mass is 426 g/mol. The predicted octanol–water partition coefficient (Wildman–Crippen LogP) is 3.56. The lowest BCUT2D eigenvalue weighted by molar-refractivity contribution is -0.121. The van der Waals surface area contributed by atoms with Crippen LogP contribution >= 0.6 is 0 Å². The Morgan fingerprint density at radius 2 is 1.81 bits per heavy atom. The molecule has 0 aliphatic carbocycles. The molecule has 1 aliphatic rings. The average molecular weight is 426 g/mol. The van der Waals surface area contributed by atoms with Gasteiger partial charge in [0, 0.05) is 31.6 Å². The van der Waals surface area contributed by atoms with E-state index in [2.05, 4.69) is 5.32 Å². The number of rotatable bonds is 7. The van der Waals surface area contributed by atoms with Gasteiger partial charge in [0.25, 0.3) is 5.91 Å². The number of esters is 1. The SMILES string of the molecule is COC(=O)c1ccccc1C(=O)N1CCC[C@H](CCC(=O)NCc2ccccc2F)C1. The summed E-state index contributed by atoms with van der Waals surface area (Å²) in [6.07, 6.45) is 2.74. The molecule has 2 aromatic rings. The normalized spacial score (nSPS) is 15.9. The third-order valence-electron chi connectivity index (χ3n) is 5.58. The Morgan fingerprint density at radius 1 is 1.10 bits per heavy atom. The second-order valence-corrected chi connectivity index (χ2v) is 7.70. The number of carbonyl (C=O) groups excluding carboxylic acids is 3. The number of hydrogen-bond donors (Lipinski definition) is 1. The lowest BCUT2D eigenvalue weighted by Crippen LogP contribution is -2.40. The van der Waals surface area contributed by atoms with E-state index < -0.39 is 5.97 Å². The van der Waals surface area contributed by atoms with Crippen LogP contribution in [0.1, 0.15) is 52.0 Å². The van der Waals surface area contributed by atoms with Crippen molar-refractivity contribution < 1.29 is 23.5 Å². The van der Waals surface area contributed by atoms with Crippen molar-refractivity contribution in [1.82, 2.24) is 10.2 Å².